The first kappa shape index (κ1) is 19.7. The summed E-state index contributed by atoms with van der Waals surface area (Å²) in [6, 6.07) is 9.28. The summed E-state index contributed by atoms with van der Waals surface area (Å²) in [7, 11) is 1.83. The monoisotopic (exact) mass is 391 g/mol. The maximum atomic E-state index is 12.2. The summed E-state index contributed by atoms with van der Waals surface area (Å²) < 4.78 is 7.43. The van der Waals surface area contributed by atoms with Gasteiger partial charge in [-0.25, -0.2) is 0 Å². The third-order valence-electron chi connectivity index (χ3n) is 4.59. The molecule has 8 heteroatoms. The molecule has 146 valence electrons. The van der Waals surface area contributed by atoms with Crippen molar-refractivity contribution in [2.75, 3.05) is 51.2 Å². The highest BCUT2D eigenvalue weighted by atomic mass is 35.5. The van der Waals surface area contributed by atoms with Crippen molar-refractivity contribution in [3.63, 3.8) is 0 Å². The quantitative estimate of drug-likeness (QED) is 0.782. The van der Waals surface area contributed by atoms with E-state index >= 15 is 0 Å². The first-order valence-electron chi connectivity index (χ1n) is 9.13. The molecular formula is C19H26ClN5O2. The number of amides is 1. The smallest absolute Gasteiger partial charge is 0.239 e. The molecule has 1 N–H and O–H groups in total. The zero-order valence-corrected chi connectivity index (χ0v) is 16.6. The maximum absolute atomic E-state index is 12.2. The van der Waals surface area contributed by atoms with E-state index in [9.17, 15) is 4.79 Å². The van der Waals surface area contributed by atoms with Crippen LogP contribution in [0, 0.1) is 6.92 Å². The molecule has 0 spiro atoms. The minimum atomic E-state index is -0.00229. The highest BCUT2D eigenvalue weighted by Crippen LogP contribution is 2.15. The van der Waals surface area contributed by atoms with Gasteiger partial charge < -0.3 is 10.1 Å². The van der Waals surface area contributed by atoms with E-state index in [4.69, 9.17) is 16.3 Å². The molecule has 1 aliphatic rings. The van der Waals surface area contributed by atoms with Gasteiger partial charge in [0.2, 0.25) is 5.91 Å². The fourth-order valence-corrected chi connectivity index (χ4v) is 3.23. The number of piperazine rings is 1. The third-order valence-corrected chi connectivity index (χ3v) is 4.84. The highest BCUT2D eigenvalue weighted by molar-refractivity contribution is 6.30. The fourth-order valence-electron chi connectivity index (χ4n) is 3.11. The van der Waals surface area contributed by atoms with E-state index in [0.29, 0.717) is 18.2 Å². The van der Waals surface area contributed by atoms with Gasteiger partial charge in [-0.3, -0.25) is 19.3 Å². The largest absolute Gasteiger partial charge is 0.492 e. The standard InChI is InChI=1S/C19H26ClN5O2/c1-15-13-18(23(2)22-15)21-19(26)14-25-9-7-24(8-10-25)11-12-27-17-5-3-16(20)4-6-17/h3-6,13H,7-12,14H2,1-2H3,(H,21,26). The summed E-state index contributed by atoms with van der Waals surface area (Å²) in [6.45, 7) is 7.44. The summed E-state index contributed by atoms with van der Waals surface area (Å²) >= 11 is 5.87. The molecule has 3 rings (SSSR count). The molecule has 0 atom stereocenters. The molecule has 1 fully saturated rings. The van der Waals surface area contributed by atoms with Gasteiger partial charge in [0, 0.05) is 50.9 Å². The summed E-state index contributed by atoms with van der Waals surface area (Å²) in [5, 5.41) is 7.87. The zero-order valence-electron chi connectivity index (χ0n) is 15.8. The van der Waals surface area contributed by atoms with Crippen molar-refractivity contribution in [1.82, 2.24) is 19.6 Å². The number of halogens is 1. The number of hydrogen-bond acceptors (Lipinski definition) is 5. The van der Waals surface area contributed by atoms with E-state index in [2.05, 4.69) is 20.2 Å². The van der Waals surface area contributed by atoms with Crippen LogP contribution in [0.4, 0.5) is 5.82 Å². The van der Waals surface area contributed by atoms with Gasteiger partial charge in [0.25, 0.3) is 0 Å². The Morgan fingerprint density at radius 1 is 1.19 bits per heavy atom. The van der Waals surface area contributed by atoms with E-state index in [-0.39, 0.29) is 5.91 Å². The Bertz CT molecular complexity index is 754. The number of anilines is 1. The summed E-state index contributed by atoms with van der Waals surface area (Å²) in [5.41, 5.74) is 0.891. The van der Waals surface area contributed by atoms with E-state index in [1.54, 1.807) is 4.68 Å². The number of benzene rings is 1. The number of aryl methyl sites for hydroxylation is 2. The van der Waals surface area contributed by atoms with Crippen LogP contribution in [0.3, 0.4) is 0 Å². The molecular weight excluding hydrogens is 366 g/mol. The second kappa shape index (κ2) is 9.21. The SMILES string of the molecule is Cc1cc(NC(=O)CN2CCN(CCOc3ccc(Cl)cc3)CC2)n(C)n1. The van der Waals surface area contributed by atoms with Crippen molar-refractivity contribution < 1.29 is 9.53 Å². The van der Waals surface area contributed by atoms with Crippen molar-refractivity contribution in [3.05, 3.63) is 41.0 Å². The lowest BCUT2D eigenvalue weighted by Gasteiger charge is -2.34. The number of nitrogens with zero attached hydrogens (tertiary/aromatic N) is 4. The molecule has 0 bridgehead atoms. The Balaban J connectivity index is 1.34. The number of ether oxygens (including phenoxy) is 1. The van der Waals surface area contributed by atoms with Gasteiger partial charge in [-0.05, 0) is 31.2 Å². The van der Waals surface area contributed by atoms with Crippen LogP contribution in [0.15, 0.2) is 30.3 Å². The third kappa shape index (κ3) is 5.95. The van der Waals surface area contributed by atoms with Gasteiger partial charge in [-0.15, -0.1) is 0 Å². The van der Waals surface area contributed by atoms with Gasteiger partial charge in [-0.1, -0.05) is 11.6 Å². The average Bonchev–Trinajstić information content (AvgIpc) is 2.95. The second-order valence-electron chi connectivity index (χ2n) is 6.76. The van der Waals surface area contributed by atoms with Crippen molar-refractivity contribution in [2.45, 2.75) is 6.92 Å². The number of rotatable bonds is 7. The van der Waals surface area contributed by atoms with Gasteiger partial charge in [-0.2, -0.15) is 5.10 Å². The van der Waals surface area contributed by atoms with E-state index in [1.807, 2.05) is 44.3 Å². The summed E-state index contributed by atoms with van der Waals surface area (Å²) in [5.74, 6) is 1.56. The molecule has 1 amide bonds. The Morgan fingerprint density at radius 2 is 1.85 bits per heavy atom. The lowest BCUT2D eigenvalue weighted by atomic mass is 10.3. The summed E-state index contributed by atoms with van der Waals surface area (Å²) in [6.07, 6.45) is 0. The predicted molar refractivity (Wildman–Crippen MR) is 106 cm³/mol. The van der Waals surface area contributed by atoms with Crippen molar-refractivity contribution in [1.29, 1.82) is 0 Å². The average molecular weight is 392 g/mol. The Kier molecular flexibility index (Phi) is 6.71. The molecule has 2 aromatic rings. The predicted octanol–water partition coefficient (Wildman–Crippen LogP) is 2.02. The molecule has 0 aliphatic carbocycles. The molecule has 0 saturated carbocycles. The van der Waals surface area contributed by atoms with Gasteiger partial charge in [0.1, 0.15) is 18.2 Å². The number of carbonyl (C=O) groups is 1. The second-order valence-corrected chi connectivity index (χ2v) is 7.20. The topological polar surface area (TPSA) is 62.6 Å². The van der Waals surface area contributed by atoms with Gasteiger partial charge in [0.05, 0.1) is 12.2 Å². The lowest BCUT2D eigenvalue weighted by Crippen LogP contribution is -2.49. The molecule has 0 unspecified atom stereocenters. The van der Waals surface area contributed by atoms with Crippen molar-refractivity contribution in [3.8, 4) is 5.75 Å². The summed E-state index contributed by atoms with van der Waals surface area (Å²) in [4.78, 5) is 16.8. The molecule has 0 radical (unpaired) electrons. The van der Waals surface area contributed by atoms with Crippen LogP contribution in [-0.4, -0.2) is 71.4 Å². The van der Waals surface area contributed by atoms with Gasteiger partial charge in [0.15, 0.2) is 0 Å². The molecule has 7 nitrogen and oxygen atoms in total. The van der Waals surface area contributed by atoms with Crippen LogP contribution in [0.1, 0.15) is 5.69 Å². The molecule has 1 aliphatic heterocycles. The van der Waals surface area contributed by atoms with E-state index < -0.39 is 0 Å². The van der Waals surface area contributed by atoms with Crippen LogP contribution in [0.2, 0.25) is 5.02 Å². The van der Waals surface area contributed by atoms with Crippen molar-refractivity contribution in [2.24, 2.45) is 7.05 Å². The van der Waals surface area contributed by atoms with Crippen LogP contribution in [-0.2, 0) is 11.8 Å². The number of hydrogen-bond donors (Lipinski definition) is 1. The van der Waals surface area contributed by atoms with Crippen molar-refractivity contribution >= 4 is 23.3 Å². The molecule has 27 heavy (non-hydrogen) atoms. The highest BCUT2D eigenvalue weighted by Gasteiger charge is 2.19. The first-order valence-corrected chi connectivity index (χ1v) is 9.51. The van der Waals surface area contributed by atoms with Crippen LogP contribution in [0.5, 0.6) is 5.75 Å². The first-order chi connectivity index (χ1) is 13.0. The molecule has 1 saturated heterocycles. The minimum absolute atomic E-state index is 0.00229. The van der Waals surface area contributed by atoms with Crippen LogP contribution >= 0.6 is 11.6 Å². The fraction of sp³-hybridized carbons (Fsp3) is 0.474. The van der Waals surface area contributed by atoms with Crippen LogP contribution < -0.4 is 10.1 Å². The van der Waals surface area contributed by atoms with E-state index in [1.165, 1.54) is 0 Å². The maximum Gasteiger partial charge on any atom is 0.239 e. The number of aromatic nitrogens is 2. The number of carbonyl (C=O) groups excluding carboxylic acids is 1. The normalized spacial score (nSPS) is 15.7. The van der Waals surface area contributed by atoms with Gasteiger partial charge >= 0.3 is 0 Å². The van der Waals surface area contributed by atoms with E-state index in [0.717, 1.165) is 50.0 Å². The Morgan fingerprint density at radius 3 is 2.48 bits per heavy atom. The number of nitrogens with one attached hydrogen (secondary N) is 1. The Labute approximate surface area is 164 Å². The Hall–Kier alpha value is -2.09. The van der Waals surface area contributed by atoms with Crippen LogP contribution in [0.25, 0.3) is 0 Å². The molecule has 2 heterocycles. The molecule has 1 aromatic heterocycles. The minimum Gasteiger partial charge on any atom is -0.492 e. The zero-order chi connectivity index (χ0) is 19.2. The molecule has 1 aromatic carbocycles. The lowest BCUT2D eigenvalue weighted by molar-refractivity contribution is -0.117.